The van der Waals surface area contributed by atoms with Gasteiger partial charge >= 0.3 is 0 Å². The van der Waals surface area contributed by atoms with Gasteiger partial charge in [-0.2, -0.15) is 4.98 Å². The maximum absolute atomic E-state index is 12.6. The van der Waals surface area contributed by atoms with Crippen LogP contribution in [0.4, 0.5) is 5.00 Å². The van der Waals surface area contributed by atoms with Crippen molar-refractivity contribution >= 4 is 22.2 Å². The third-order valence-corrected chi connectivity index (χ3v) is 5.67. The maximum atomic E-state index is 12.6. The number of hydrogen-bond acceptors (Lipinski definition) is 6. The summed E-state index contributed by atoms with van der Waals surface area (Å²) < 4.78 is 11.1. The summed E-state index contributed by atoms with van der Waals surface area (Å²) in [5, 5.41) is 7.94. The van der Waals surface area contributed by atoms with E-state index in [1.165, 1.54) is 0 Å². The standard InChI is InChI=1S/C18H21N3O3S/c1-10(2)15-19-17(24-21-15)14-12-7-8-23-9-13(12)25-18(14)20-16(22)11-5-3-4-6-11/h5,10H,3-4,6-9H2,1-2H3,(H,20,22). The normalized spacial score (nSPS) is 16.8. The van der Waals surface area contributed by atoms with Crippen LogP contribution in [0.25, 0.3) is 11.5 Å². The van der Waals surface area contributed by atoms with Crippen LogP contribution in [0.3, 0.4) is 0 Å². The number of allylic oxidation sites excluding steroid dienone is 1. The van der Waals surface area contributed by atoms with E-state index < -0.39 is 0 Å². The minimum absolute atomic E-state index is 0.0261. The molecule has 6 nitrogen and oxygen atoms in total. The summed E-state index contributed by atoms with van der Waals surface area (Å²) in [6.07, 6.45) is 5.68. The molecule has 1 amide bonds. The summed E-state index contributed by atoms with van der Waals surface area (Å²) in [6.45, 7) is 5.29. The van der Waals surface area contributed by atoms with Crippen LogP contribution in [0.2, 0.25) is 0 Å². The predicted octanol–water partition coefficient (Wildman–Crippen LogP) is 4.04. The average molecular weight is 359 g/mol. The zero-order valence-electron chi connectivity index (χ0n) is 14.4. The van der Waals surface area contributed by atoms with E-state index in [1.54, 1.807) is 11.3 Å². The van der Waals surface area contributed by atoms with Gasteiger partial charge in [0.1, 0.15) is 5.00 Å². The largest absolute Gasteiger partial charge is 0.376 e. The molecule has 1 aliphatic heterocycles. The van der Waals surface area contributed by atoms with Crippen molar-refractivity contribution in [1.29, 1.82) is 0 Å². The first-order chi connectivity index (χ1) is 12.1. The predicted molar refractivity (Wildman–Crippen MR) is 95.6 cm³/mol. The second kappa shape index (κ2) is 6.72. The molecular formula is C18H21N3O3S. The molecule has 0 bridgehead atoms. The lowest BCUT2D eigenvalue weighted by molar-refractivity contribution is -0.112. The highest BCUT2D eigenvalue weighted by atomic mass is 32.1. The molecule has 0 saturated heterocycles. The number of nitrogens with zero attached hydrogens (tertiary/aromatic N) is 2. The fourth-order valence-electron chi connectivity index (χ4n) is 3.18. The molecule has 0 radical (unpaired) electrons. The van der Waals surface area contributed by atoms with Gasteiger partial charge in [-0.3, -0.25) is 4.79 Å². The van der Waals surface area contributed by atoms with Gasteiger partial charge in [-0.05, 0) is 31.2 Å². The van der Waals surface area contributed by atoms with Gasteiger partial charge in [0, 0.05) is 16.4 Å². The minimum Gasteiger partial charge on any atom is -0.376 e. The smallest absolute Gasteiger partial charge is 0.261 e. The van der Waals surface area contributed by atoms with Crippen molar-refractivity contribution < 1.29 is 14.1 Å². The molecule has 4 rings (SSSR count). The van der Waals surface area contributed by atoms with Crippen LogP contribution in [-0.2, 0) is 22.6 Å². The molecule has 2 aromatic rings. The number of nitrogens with one attached hydrogen (secondary N) is 1. The summed E-state index contributed by atoms with van der Waals surface area (Å²) in [5.41, 5.74) is 2.89. The summed E-state index contributed by atoms with van der Waals surface area (Å²) in [4.78, 5) is 18.2. The van der Waals surface area contributed by atoms with Gasteiger partial charge < -0.3 is 14.6 Å². The fourth-order valence-corrected chi connectivity index (χ4v) is 4.35. The van der Waals surface area contributed by atoms with Crippen molar-refractivity contribution in [3.63, 3.8) is 0 Å². The molecule has 0 fully saturated rings. The maximum Gasteiger partial charge on any atom is 0.261 e. The van der Waals surface area contributed by atoms with Crippen molar-refractivity contribution in [2.45, 2.75) is 52.1 Å². The molecule has 0 atom stereocenters. The first-order valence-corrected chi connectivity index (χ1v) is 9.51. The van der Waals surface area contributed by atoms with Gasteiger partial charge in [-0.1, -0.05) is 25.1 Å². The average Bonchev–Trinajstić information content (AvgIpc) is 3.33. The fraction of sp³-hybridized carbons (Fsp3) is 0.500. The summed E-state index contributed by atoms with van der Waals surface area (Å²) in [7, 11) is 0. The van der Waals surface area contributed by atoms with Crippen molar-refractivity contribution in [2.24, 2.45) is 0 Å². The Kier molecular flexibility index (Phi) is 4.43. The first kappa shape index (κ1) is 16.5. The molecule has 1 aliphatic carbocycles. The molecular weight excluding hydrogens is 338 g/mol. The van der Waals surface area contributed by atoms with Gasteiger partial charge in [0.15, 0.2) is 5.82 Å². The molecule has 0 spiro atoms. The Hall–Kier alpha value is -1.99. The number of thiophene rings is 1. The molecule has 3 heterocycles. The van der Waals surface area contributed by atoms with E-state index in [0.29, 0.717) is 24.9 Å². The molecule has 0 saturated carbocycles. The molecule has 1 N–H and O–H groups in total. The first-order valence-electron chi connectivity index (χ1n) is 8.70. The summed E-state index contributed by atoms with van der Waals surface area (Å²) >= 11 is 1.55. The number of ether oxygens (including phenoxy) is 1. The Morgan fingerprint density at radius 2 is 2.24 bits per heavy atom. The number of fused-ring (bicyclic) bond motifs is 1. The lowest BCUT2D eigenvalue weighted by Crippen LogP contribution is -2.13. The van der Waals surface area contributed by atoms with E-state index in [0.717, 1.165) is 52.3 Å². The van der Waals surface area contributed by atoms with E-state index >= 15 is 0 Å². The van der Waals surface area contributed by atoms with E-state index in [-0.39, 0.29) is 11.8 Å². The monoisotopic (exact) mass is 359 g/mol. The van der Waals surface area contributed by atoms with Crippen LogP contribution in [0, 0.1) is 0 Å². The Morgan fingerprint density at radius 3 is 2.96 bits per heavy atom. The highest BCUT2D eigenvalue weighted by Gasteiger charge is 2.28. The Balaban J connectivity index is 1.72. The van der Waals surface area contributed by atoms with Crippen LogP contribution < -0.4 is 5.32 Å². The number of carbonyl (C=O) groups is 1. The third-order valence-electron chi connectivity index (χ3n) is 4.55. The van der Waals surface area contributed by atoms with E-state index in [9.17, 15) is 4.79 Å². The molecule has 7 heteroatoms. The lowest BCUT2D eigenvalue weighted by Gasteiger charge is -2.12. The van der Waals surface area contributed by atoms with Crippen LogP contribution >= 0.6 is 11.3 Å². The van der Waals surface area contributed by atoms with Crippen LogP contribution in [0.1, 0.15) is 55.3 Å². The number of amides is 1. The zero-order valence-corrected chi connectivity index (χ0v) is 15.2. The number of carbonyl (C=O) groups excluding carboxylic acids is 1. The Labute approximate surface area is 150 Å². The van der Waals surface area contributed by atoms with Crippen LogP contribution in [0.5, 0.6) is 0 Å². The highest BCUT2D eigenvalue weighted by molar-refractivity contribution is 7.17. The molecule has 0 unspecified atom stereocenters. The van der Waals surface area contributed by atoms with Gasteiger partial charge in [-0.25, -0.2) is 0 Å². The van der Waals surface area contributed by atoms with Gasteiger partial charge in [-0.15, -0.1) is 11.3 Å². The quantitative estimate of drug-likeness (QED) is 0.891. The Bertz CT molecular complexity index is 835. The van der Waals surface area contributed by atoms with Gasteiger partial charge in [0.25, 0.3) is 11.8 Å². The Morgan fingerprint density at radius 1 is 1.36 bits per heavy atom. The van der Waals surface area contributed by atoms with E-state index in [2.05, 4.69) is 15.5 Å². The number of rotatable bonds is 4. The lowest BCUT2D eigenvalue weighted by atomic mass is 10.1. The van der Waals surface area contributed by atoms with E-state index in [1.807, 2.05) is 19.9 Å². The number of aromatic nitrogens is 2. The molecule has 132 valence electrons. The SMILES string of the molecule is CC(C)c1noc(-c2c(NC(=O)C3=CCCC3)sc3c2CCOC3)n1. The molecule has 25 heavy (non-hydrogen) atoms. The summed E-state index contributed by atoms with van der Waals surface area (Å²) in [6, 6.07) is 0. The second-order valence-corrected chi connectivity index (χ2v) is 7.80. The molecule has 2 aromatic heterocycles. The zero-order chi connectivity index (χ0) is 17.4. The van der Waals surface area contributed by atoms with Gasteiger partial charge in [0.2, 0.25) is 0 Å². The topological polar surface area (TPSA) is 77.2 Å². The molecule has 0 aromatic carbocycles. The third kappa shape index (κ3) is 3.14. The van der Waals surface area contributed by atoms with Crippen LogP contribution in [0.15, 0.2) is 16.2 Å². The number of hydrogen-bond donors (Lipinski definition) is 1. The van der Waals surface area contributed by atoms with Crippen molar-refractivity contribution in [2.75, 3.05) is 11.9 Å². The highest BCUT2D eigenvalue weighted by Crippen LogP contribution is 2.43. The molecule has 2 aliphatic rings. The van der Waals surface area contributed by atoms with Crippen molar-refractivity contribution in [3.8, 4) is 11.5 Å². The van der Waals surface area contributed by atoms with Crippen molar-refractivity contribution in [1.82, 2.24) is 10.1 Å². The van der Waals surface area contributed by atoms with Crippen molar-refractivity contribution in [3.05, 3.63) is 27.9 Å². The van der Waals surface area contributed by atoms with E-state index in [4.69, 9.17) is 9.26 Å². The minimum atomic E-state index is -0.0261. The van der Waals surface area contributed by atoms with Crippen LogP contribution in [-0.4, -0.2) is 22.7 Å². The van der Waals surface area contributed by atoms with Gasteiger partial charge in [0.05, 0.1) is 18.8 Å². The second-order valence-electron chi connectivity index (χ2n) is 6.70. The summed E-state index contributed by atoms with van der Waals surface area (Å²) in [5.74, 6) is 1.33. The number of anilines is 1.